The van der Waals surface area contributed by atoms with Crippen LogP contribution in [0.1, 0.15) is 20.3 Å². The number of aliphatic hydroxyl groups is 1. The predicted molar refractivity (Wildman–Crippen MR) is 71.4 cm³/mol. The molecule has 1 aliphatic heterocycles. The van der Waals surface area contributed by atoms with E-state index in [1.165, 1.54) is 5.69 Å². The van der Waals surface area contributed by atoms with Gasteiger partial charge in [-0.3, -0.25) is 0 Å². The van der Waals surface area contributed by atoms with E-state index in [9.17, 15) is 0 Å². The second kappa shape index (κ2) is 5.07. The second-order valence-electron chi connectivity index (χ2n) is 5.35. The van der Waals surface area contributed by atoms with E-state index in [1.807, 2.05) is 6.07 Å². The lowest BCUT2D eigenvalue weighted by Crippen LogP contribution is -2.62. The van der Waals surface area contributed by atoms with Crippen LogP contribution in [-0.4, -0.2) is 36.4 Å². The summed E-state index contributed by atoms with van der Waals surface area (Å²) in [5.74, 6) is 0. The minimum atomic E-state index is 0.118. The van der Waals surface area contributed by atoms with Gasteiger partial charge in [0.25, 0.3) is 0 Å². The molecule has 1 saturated heterocycles. The number of nitrogens with zero attached hydrogens (tertiary/aromatic N) is 1. The number of aliphatic hydroxyl groups excluding tert-OH is 1. The van der Waals surface area contributed by atoms with E-state index < -0.39 is 0 Å². The Balaban J connectivity index is 2.16. The van der Waals surface area contributed by atoms with Gasteiger partial charge in [-0.2, -0.15) is 0 Å². The van der Waals surface area contributed by atoms with Crippen molar-refractivity contribution in [2.75, 3.05) is 24.6 Å². The molecule has 3 nitrogen and oxygen atoms in total. The first-order valence-corrected chi connectivity index (χ1v) is 6.30. The quantitative estimate of drug-likeness (QED) is 0.834. The average molecular weight is 234 g/mol. The van der Waals surface area contributed by atoms with Crippen molar-refractivity contribution in [2.24, 2.45) is 0 Å². The molecule has 0 amide bonds. The number of hydrogen-bond donors (Lipinski definition) is 2. The average Bonchev–Trinajstić information content (AvgIpc) is 2.33. The lowest BCUT2D eigenvalue weighted by molar-refractivity contribution is 0.239. The summed E-state index contributed by atoms with van der Waals surface area (Å²) in [5.41, 5.74) is 1.38. The third kappa shape index (κ3) is 2.79. The van der Waals surface area contributed by atoms with Crippen LogP contribution in [0.3, 0.4) is 0 Å². The predicted octanol–water partition coefficient (Wildman–Crippen LogP) is 1.63. The first kappa shape index (κ1) is 12.4. The highest BCUT2D eigenvalue weighted by atomic mass is 16.3. The van der Waals surface area contributed by atoms with E-state index in [0.29, 0.717) is 6.04 Å². The van der Waals surface area contributed by atoms with E-state index in [4.69, 9.17) is 5.11 Å². The van der Waals surface area contributed by atoms with Gasteiger partial charge in [0.15, 0.2) is 0 Å². The summed E-state index contributed by atoms with van der Waals surface area (Å²) < 4.78 is 0. The molecule has 1 aliphatic rings. The van der Waals surface area contributed by atoms with E-state index >= 15 is 0 Å². The van der Waals surface area contributed by atoms with Gasteiger partial charge in [0, 0.05) is 37.0 Å². The molecule has 1 heterocycles. The van der Waals surface area contributed by atoms with Crippen molar-refractivity contribution in [1.82, 2.24) is 5.32 Å². The normalized spacial score (nSPS) is 23.7. The summed E-state index contributed by atoms with van der Waals surface area (Å²) in [6.45, 7) is 6.66. The molecule has 1 aromatic rings. The molecule has 0 aromatic heterocycles. The molecular weight excluding hydrogens is 212 g/mol. The van der Waals surface area contributed by atoms with Crippen molar-refractivity contribution >= 4 is 5.69 Å². The Labute approximate surface area is 103 Å². The molecule has 1 aromatic carbocycles. The number of hydrogen-bond acceptors (Lipinski definition) is 3. The van der Waals surface area contributed by atoms with Gasteiger partial charge in [0.1, 0.15) is 0 Å². The fourth-order valence-corrected chi connectivity index (χ4v) is 2.43. The Bertz CT molecular complexity index is 350. The molecule has 0 radical (unpaired) electrons. The second-order valence-corrected chi connectivity index (χ2v) is 5.35. The zero-order valence-electron chi connectivity index (χ0n) is 10.7. The van der Waals surface area contributed by atoms with Gasteiger partial charge in [0.05, 0.1) is 0 Å². The molecule has 94 valence electrons. The van der Waals surface area contributed by atoms with Gasteiger partial charge in [-0.1, -0.05) is 18.2 Å². The largest absolute Gasteiger partial charge is 0.396 e. The monoisotopic (exact) mass is 234 g/mol. The SMILES string of the molecule is CC1(C)CNC(CCO)CN1c1ccccc1. The van der Waals surface area contributed by atoms with Crippen LogP contribution in [0.15, 0.2) is 30.3 Å². The Morgan fingerprint density at radius 2 is 2.06 bits per heavy atom. The highest BCUT2D eigenvalue weighted by Gasteiger charge is 2.33. The summed E-state index contributed by atoms with van der Waals surface area (Å²) >= 11 is 0. The maximum Gasteiger partial charge on any atom is 0.0471 e. The molecule has 1 atom stereocenters. The van der Waals surface area contributed by atoms with Gasteiger partial charge in [-0.25, -0.2) is 0 Å². The molecule has 0 spiro atoms. The van der Waals surface area contributed by atoms with Crippen LogP contribution in [-0.2, 0) is 0 Å². The summed E-state index contributed by atoms with van der Waals surface area (Å²) in [4.78, 5) is 2.43. The molecule has 0 bridgehead atoms. The molecule has 2 rings (SSSR count). The standard InChI is InChI=1S/C14H22N2O/c1-14(2)11-15-12(8-9-17)10-16(14)13-6-4-3-5-7-13/h3-7,12,15,17H,8-11H2,1-2H3. The van der Waals surface area contributed by atoms with Gasteiger partial charge >= 0.3 is 0 Å². The number of nitrogens with one attached hydrogen (secondary N) is 1. The van der Waals surface area contributed by atoms with Crippen LogP contribution in [0.2, 0.25) is 0 Å². The van der Waals surface area contributed by atoms with Crippen molar-refractivity contribution in [1.29, 1.82) is 0 Å². The van der Waals surface area contributed by atoms with Gasteiger partial charge in [0.2, 0.25) is 0 Å². The number of piperazine rings is 1. The van der Waals surface area contributed by atoms with Crippen LogP contribution in [0.4, 0.5) is 5.69 Å². The molecule has 1 unspecified atom stereocenters. The highest BCUT2D eigenvalue weighted by Crippen LogP contribution is 2.26. The molecule has 3 heteroatoms. The van der Waals surface area contributed by atoms with Crippen LogP contribution >= 0.6 is 0 Å². The van der Waals surface area contributed by atoms with E-state index in [2.05, 4.69) is 48.3 Å². The molecular formula is C14H22N2O. The lowest BCUT2D eigenvalue weighted by atomic mass is 9.95. The minimum Gasteiger partial charge on any atom is -0.396 e. The fourth-order valence-electron chi connectivity index (χ4n) is 2.43. The van der Waals surface area contributed by atoms with Crippen molar-refractivity contribution in [2.45, 2.75) is 31.8 Å². The lowest BCUT2D eigenvalue weighted by Gasteiger charge is -2.47. The van der Waals surface area contributed by atoms with Crippen LogP contribution in [0.5, 0.6) is 0 Å². The Kier molecular flexibility index (Phi) is 3.69. The minimum absolute atomic E-state index is 0.118. The van der Waals surface area contributed by atoms with Crippen molar-refractivity contribution in [3.8, 4) is 0 Å². The number of para-hydroxylation sites is 1. The Hall–Kier alpha value is -1.06. The highest BCUT2D eigenvalue weighted by molar-refractivity contribution is 5.49. The van der Waals surface area contributed by atoms with E-state index in [0.717, 1.165) is 19.5 Å². The molecule has 0 aliphatic carbocycles. The van der Waals surface area contributed by atoms with Gasteiger partial charge < -0.3 is 15.3 Å². The third-order valence-corrected chi connectivity index (χ3v) is 3.50. The number of anilines is 1. The maximum atomic E-state index is 9.05. The Morgan fingerprint density at radius 3 is 2.71 bits per heavy atom. The number of benzene rings is 1. The van der Waals surface area contributed by atoms with Gasteiger partial charge in [-0.05, 0) is 32.4 Å². The van der Waals surface area contributed by atoms with Crippen LogP contribution in [0, 0.1) is 0 Å². The molecule has 2 N–H and O–H groups in total. The zero-order valence-corrected chi connectivity index (χ0v) is 10.7. The molecule has 1 fully saturated rings. The van der Waals surface area contributed by atoms with E-state index in [-0.39, 0.29) is 12.1 Å². The van der Waals surface area contributed by atoms with Crippen molar-refractivity contribution in [3.63, 3.8) is 0 Å². The third-order valence-electron chi connectivity index (χ3n) is 3.50. The summed E-state index contributed by atoms with van der Waals surface area (Å²) in [6, 6.07) is 10.9. The van der Waals surface area contributed by atoms with Crippen molar-refractivity contribution in [3.05, 3.63) is 30.3 Å². The van der Waals surface area contributed by atoms with Crippen LogP contribution in [0.25, 0.3) is 0 Å². The molecule has 0 saturated carbocycles. The van der Waals surface area contributed by atoms with Gasteiger partial charge in [-0.15, -0.1) is 0 Å². The Morgan fingerprint density at radius 1 is 1.35 bits per heavy atom. The topological polar surface area (TPSA) is 35.5 Å². The summed E-state index contributed by atoms with van der Waals surface area (Å²) in [5, 5.41) is 12.6. The summed E-state index contributed by atoms with van der Waals surface area (Å²) in [7, 11) is 0. The number of rotatable bonds is 3. The zero-order chi connectivity index (χ0) is 12.3. The summed E-state index contributed by atoms with van der Waals surface area (Å²) in [6.07, 6.45) is 0.819. The molecule has 17 heavy (non-hydrogen) atoms. The first-order valence-electron chi connectivity index (χ1n) is 6.30. The van der Waals surface area contributed by atoms with E-state index in [1.54, 1.807) is 0 Å². The maximum absolute atomic E-state index is 9.05. The van der Waals surface area contributed by atoms with Crippen molar-refractivity contribution < 1.29 is 5.11 Å². The first-order chi connectivity index (χ1) is 8.13. The fraction of sp³-hybridized carbons (Fsp3) is 0.571. The van der Waals surface area contributed by atoms with Crippen LogP contribution < -0.4 is 10.2 Å². The smallest absolute Gasteiger partial charge is 0.0471 e.